The molecular weight excluding hydrogens is 279 g/mol. The van der Waals surface area contributed by atoms with Crippen LogP contribution in [0.15, 0.2) is 11.4 Å². The molecule has 2 rings (SSSR count). The molecule has 1 aliphatic heterocycles. The van der Waals surface area contributed by atoms with Gasteiger partial charge in [-0.3, -0.25) is 4.79 Å². The van der Waals surface area contributed by atoms with Crippen LogP contribution >= 0.6 is 35.3 Å². The van der Waals surface area contributed by atoms with Gasteiger partial charge in [-0.05, 0) is 37.8 Å². The van der Waals surface area contributed by atoms with Crippen LogP contribution in [-0.2, 0) is 0 Å². The van der Waals surface area contributed by atoms with Crippen molar-refractivity contribution in [3.63, 3.8) is 0 Å². The van der Waals surface area contributed by atoms with E-state index in [1.165, 1.54) is 11.3 Å². The van der Waals surface area contributed by atoms with Crippen molar-refractivity contribution in [2.75, 3.05) is 6.54 Å². The number of thiophene rings is 1. The van der Waals surface area contributed by atoms with Crippen LogP contribution in [0, 0.1) is 0 Å². The van der Waals surface area contributed by atoms with Crippen molar-refractivity contribution in [3.8, 4) is 0 Å². The van der Waals surface area contributed by atoms with E-state index >= 15 is 0 Å². The first-order valence-corrected chi connectivity index (χ1v) is 6.71. The van der Waals surface area contributed by atoms with E-state index in [1.807, 2.05) is 5.38 Å². The minimum atomic E-state index is -0.0550. The highest BCUT2D eigenvalue weighted by molar-refractivity contribution is 7.12. The van der Waals surface area contributed by atoms with Gasteiger partial charge in [0.2, 0.25) is 0 Å². The van der Waals surface area contributed by atoms with Crippen LogP contribution in [0.4, 0.5) is 0 Å². The van der Waals surface area contributed by atoms with Crippen molar-refractivity contribution in [2.24, 2.45) is 0 Å². The van der Waals surface area contributed by atoms with Gasteiger partial charge in [-0.15, -0.1) is 23.7 Å². The number of carbonyl (C=O) groups excluding carboxylic acids is 1. The molecule has 6 heteroatoms. The molecular formula is C11H16Cl2N2OS. The number of carbonyl (C=O) groups is 1. The Morgan fingerprint density at radius 1 is 1.65 bits per heavy atom. The molecule has 0 spiro atoms. The Morgan fingerprint density at radius 2 is 2.41 bits per heavy atom. The molecule has 2 unspecified atom stereocenters. The zero-order valence-electron chi connectivity index (χ0n) is 9.53. The number of nitrogens with one attached hydrogen (secondary N) is 2. The highest BCUT2D eigenvalue weighted by atomic mass is 35.5. The number of piperidine rings is 1. The van der Waals surface area contributed by atoms with Gasteiger partial charge in [-0.25, -0.2) is 0 Å². The number of hydrogen-bond acceptors (Lipinski definition) is 3. The van der Waals surface area contributed by atoms with E-state index in [-0.39, 0.29) is 24.4 Å². The predicted octanol–water partition coefficient (Wildman–Crippen LogP) is 2.69. The molecule has 0 saturated carbocycles. The summed E-state index contributed by atoms with van der Waals surface area (Å²) >= 11 is 7.31. The van der Waals surface area contributed by atoms with Gasteiger partial charge in [-0.1, -0.05) is 11.6 Å². The highest BCUT2D eigenvalue weighted by Gasteiger charge is 2.23. The van der Waals surface area contributed by atoms with Gasteiger partial charge < -0.3 is 10.6 Å². The van der Waals surface area contributed by atoms with Gasteiger partial charge in [0.1, 0.15) is 4.88 Å². The molecule has 1 saturated heterocycles. The summed E-state index contributed by atoms with van der Waals surface area (Å²) in [5.41, 5.74) is 0. The molecule has 17 heavy (non-hydrogen) atoms. The molecule has 1 aliphatic rings. The Balaban J connectivity index is 0.00000144. The number of halogens is 2. The Labute approximate surface area is 116 Å². The van der Waals surface area contributed by atoms with Gasteiger partial charge in [0.05, 0.1) is 5.02 Å². The summed E-state index contributed by atoms with van der Waals surface area (Å²) in [4.78, 5) is 12.5. The van der Waals surface area contributed by atoms with Crippen LogP contribution in [0.2, 0.25) is 5.02 Å². The number of amides is 1. The summed E-state index contributed by atoms with van der Waals surface area (Å²) < 4.78 is 0. The first kappa shape index (κ1) is 14.8. The van der Waals surface area contributed by atoms with E-state index in [4.69, 9.17) is 11.6 Å². The van der Waals surface area contributed by atoms with Crippen LogP contribution in [0.25, 0.3) is 0 Å². The second-order valence-electron chi connectivity index (χ2n) is 4.06. The Kier molecular flexibility index (Phi) is 5.73. The van der Waals surface area contributed by atoms with Crippen LogP contribution < -0.4 is 10.6 Å². The number of rotatable bonds is 2. The van der Waals surface area contributed by atoms with Crippen LogP contribution in [-0.4, -0.2) is 24.5 Å². The third-order valence-corrected chi connectivity index (χ3v) is 4.24. The van der Waals surface area contributed by atoms with Crippen LogP contribution in [0.5, 0.6) is 0 Å². The fourth-order valence-electron chi connectivity index (χ4n) is 1.93. The zero-order chi connectivity index (χ0) is 11.5. The summed E-state index contributed by atoms with van der Waals surface area (Å²) in [7, 11) is 0. The minimum absolute atomic E-state index is 0. The molecule has 1 amide bonds. The molecule has 2 N–H and O–H groups in total. The number of hydrogen-bond donors (Lipinski definition) is 2. The molecule has 0 radical (unpaired) electrons. The van der Waals surface area contributed by atoms with E-state index in [1.54, 1.807) is 6.07 Å². The third kappa shape index (κ3) is 3.58. The lowest BCUT2D eigenvalue weighted by Gasteiger charge is -2.30. The lowest BCUT2D eigenvalue weighted by Crippen LogP contribution is -2.51. The molecule has 3 nitrogen and oxygen atoms in total. The fourth-order valence-corrected chi connectivity index (χ4v) is 2.97. The molecule has 2 heterocycles. The summed E-state index contributed by atoms with van der Waals surface area (Å²) in [6, 6.07) is 2.29. The van der Waals surface area contributed by atoms with Crippen molar-refractivity contribution in [3.05, 3.63) is 21.3 Å². The standard InChI is InChI=1S/C11H15ClN2OS.ClH/c1-7-9(3-2-5-13-7)14-11(15)10-8(12)4-6-16-10;/h4,6-7,9,13H,2-3,5H2,1H3,(H,14,15);1H. The summed E-state index contributed by atoms with van der Waals surface area (Å²) in [5, 5.41) is 8.76. The van der Waals surface area contributed by atoms with Crippen LogP contribution in [0.1, 0.15) is 29.4 Å². The van der Waals surface area contributed by atoms with E-state index in [0.29, 0.717) is 15.9 Å². The van der Waals surface area contributed by atoms with Crippen molar-refractivity contribution >= 4 is 41.3 Å². The lowest BCUT2D eigenvalue weighted by molar-refractivity contribution is 0.0924. The van der Waals surface area contributed by atoms with E-state index in [0.717, 1.165) is 19.4 Å². The molecule has 1 aromatic rings. The van der Waals surface area contributed by atoms with E-state index < -0.39 is 0 Å². The highest BCUT2D eigenvalue weighted by Crippen LogP contribution is 2.22. The van der Waals surface area contributed by atoms with Gasteiger partial charge in [-0.2, -0.15) is 0 Å². The smallest absolute Gasteiger partial charge is 0.263 e. The predicted molar refractivity (Wildman–Crippen MR) is 74.5 cm³/mol. The van der Waals surface area contributed by atoms with Gasteiger partial charge in [0.15, 0.2) is 0 Å². The van der Waals surface area contributed by atoms with E-state index in [2.05, 4.69) is 17.6 Å². The van der Waals surface area contributed by atoms with Crippen molar-refractivity contribution in [2.45, 2.75) is 31.8 Å². The van der Waals surface area contributed by atoms with Crippen LogP contribution in [0.3, 0.4) is 0 Å². The van der Waals surface area contributed by atoms with Gasteiger partial charge in [0, 0.05) is 12.1 Å². The molecule has 0 bridgehead atoms. The van der Waals surface area contributed by atoms with Gasteiger partial charge in [0.25, 0.3) is 5.91 Å². The fraction of sp³-hybridized carbons (Fsp3) is 0.545. The maximum absolute atomic E-state index is 11.9. The minimum Gasteiger partial charge on any atom is -0.347 e. The zero-order valence-corrected chi connectivity index (χ0v) is 11.9. The van der Waals surface area contributed by atoms with E-state index in [9.17, 15) is 4.79 Å². The summed E-state index contributed by atoms with van der Waals surface area (Å²) in [6.07, 6.45) is 2.14. The SMILES string of the molecule is CC1NCCCC1NC(=O)c1sccc1Cl.Cl. The van der Waals surface area contributed by atoms with Gasteiger partial charge >= 0.3 is 0 Å². The van der Waals surface area contributed by atoms with Crippen molar-refractivity contribution < 1.29 is 4.79 Å². The summed E-state index contributed by atoms with van der Waals surface area (Å²) in [6.45, 7) is 3.13. The third-order valence-electron chi connectivity index (χ3n) is 2.90. The first-order chi connectivity index (χ1) is 7.68. The quantitative estimate of drug-likeness (QED) is 0.881. The average molecular weight is 295 g/mol. The monoisotopic (exact) mass is 294 g/mol. The normalized spacial score (nSPS) is 23.9. The Bertz CT molecular complexity index is 383. The maximum Gasteiger partial charge on any atom is 0.263 e. The second kappa shape index (κ2) is 6.59. The Morgan fingerprint density at radius 3 is 3.00 bits per heavy atom. The molecule has 96 valence electrons. The Hall–Kier alpha value is -0.290. The maximum atomic E-state index is 11.9. The second-order valence-corrected chi connectivity index (χ2v) is 5.39. The first-order valence-electron chi connectivity index (χ1n) is 5.45. The van der Waals surface area contributed by atoms with Crippen molar-refractivity contribution in [1.82, 2.24) is 10.6 Å². The molecule has 0 aliphatic carbocycles. The summed E-state index contributed by atoms with van der Waals surface area (Å²) in [5.74, 6) is -0.0550. The largest absolute Gasteiger partial charge is 0.347 e. The topological polar surface area (TPSA) is 41.1 Å². The molecule has 0 aromatic carbocycles. The molecule has 1 fully saturated rings. The lowest BCUT2D eigenvalue weighted by atomic mass is 10.00. The molecule has 2 atom stereocenters. The van der Waals surface area contributed by atoms with Crippen molar-refractivity contribution in [1.29, 1.82) is 0 Å². The molecule has 1 aromatic heterocycles. The average Bonchev–Trinajstić information content (AvgIpc) is 2.68.